The van der Waals surface area contributed by atoms with Crippen molar-refractivity contribution in [2.75, 3.05) is 18.4 Å². The molecule has 2 rings (SSSR count). The zero-order valence-electron chi connectivity index (χ0n) is 10.7. The summed E-state index contributed by atoms with van der Waals surface area (Å²) in [5, 5.41) is 1.21. The third kappa shape index (κ3) is 3.01. The quantitative estimate of drug-likeness (QED) is 0.703. The molecule has 1 saturated carbocycles. The summed E-state index contributed by atoms with van der Waals surface area (Å²) in [6, 6.07) is 0.819. The lowest BCUT2D eigenvalue weighted by Crippen LogP contribution is -2.42. The molecular weight excluding hydrogens is 262 g/mol. The Morgan fingerprint density at radius 1 is 1.12 bits per heavy atom. The van der Waals surface area contributed by atoms with E-state index in [1.807, 2.05) is 0 Å². The van der Waals surface area contributed by atoms with Crippen LogP contribution in [0.15, 0.2) is 0 Å². The van der Waals surface area contributed by atoms with Crippen molar-refractivity contribution in [3.05, 3.63) is 0 Å². The standard InChI is InChI=1S/C14H26BrN/c1-13-7-3-2-6-10-16(13)12-14(11-15)8-4-5-9-14/h13H,2-12H2,1H3. The van der Waals surface area contributed by atoms with Gasteiger partial charge in [-0.2, -0.15) is 0 Å². The molecule has 0 aromatic carbocycles. The van der Waals surface area contributed by atoms with E-state index in [4.69, 9.17) is 0 Å². The molecule has 0 amide bonds. The maximum atomic E-state index is 3.77. The first kappa shape index (κ1) is 12.9. The SMILES string of the molecule is CC1CCCCCN1CC1(CBr)CCCC1. The summed E-state index contributed by atoms with van der Waals surface area (Å²) >= 11 is 3.77. The molecule has 1 heterocycles. The van der Waals surface area contributed by atoms with Gasteiger partial charge in [-0.3, -0.25) is 0 Å². The first-order chi connectivity index (χ1) is 7.76. The van der Waals surface area contributed by atoms with E-state index in [-0.39, 0.29) is 0 Å². The van der Waals surface area contributed by atoms with Crippen LogP contribution in [0.25, 0.3) is 0 Å². The van der Waals surface area contributed by atoms with Crippen LogP contribution in [0.5, 0.6) is 0 Å². The van der Waals surface area contributed by atoms with E-state index in [0.29, 0.717) is 5.41 Å². The van der Waals surface area contributed by atoms with Crippen molar-refractivity contribution in [3.8, 4) is 0 Å². The molecule has 1 aliphatic heterocycles. The molecule has 0 bridgehead atoms. The van der Waals surface area contributed by atoms with E-state index < -0.39 is 0 Å². The van der Waals surface area contributed by atoms with Crippen LogP contribution >= 0.6 is 15.9 Å². The van der Waals surface area contributed by atoms with E-state index in [1.165, 1.54) is 69.8 Å². The van der Waals surface area contributed by atoms with Crippen molar-refractivity contribution in [3.63, 3.8) is 0 Å². The Balaban J connectivity index is 1.95. The lowest BCUT2D eigenvalue weighted by Gasteiger charge is -2.36. The zero-order valence-corrected chi connectivity index (χ0v) is 12.3. The van der Waals surface area contributed by atoms with Gasteiger partial charge in [0.2, 0.25) is 0 Å². The number of alkyl halides is 1. The van der Waals surface area contributed by atoms with Crippen LogP contribution in [0.4, 0.5) is 0 Å². The van der Waals surface area contributed by atoms with Crippen LogP contribution in [0, 0.1) is 5.41 Å². The minimum absolute atomic E-state index is 0.610. The van der Waals surface area contributed by atoms with E-state index in [0.717, 1.165) is 6.04 Å². The van der Waals surface area contributed by atoms with Crippen LogP contribution in [0.3, 0.4) is 0 Å². The minimum atomic E-state index is 0.610. The topological polar surface area (TPSA) is 3.24 Å². The van der Waals surface area contributed by atoms with Gasteiger partial charge in [0.1, 0.15) is 0 Å². The summed E-state index contributed by atoms with van der Waals surface area (Å²) in [5.74, 6) is 0. The predicted molar refractivity (Wildman–Crippen MR) is 74.2 cm³/mol. The van der Waals surface area contributed by atoms with Crippen LogP contribution < -0.4 is 0 Å². The Morgan fingerprint density at radius 3 is 2.56 bits per heavy atom. The molecule has 1 saturated heterocycles. The fourth-order valence-electron chi connectivity index (χ4n) is 3.46. The zero-order chi connectivity index (χ0) is 11.4. The normalized spacial score (nSPS) is 31.5. The molecule has 0 aromatic rings. The average Bonchev–Trinajstić information content (AvgIpc) is 2.67. The second-order valence-corrected chi connectivity index (χ2v) is 6.57. The van der Waals surface area contributed by atoms with Gasteiger partial charge in [0.05, 0.1) is 0 Å². The molecule has 2 aliphatic rings. The van der Waals surface area contributed by atoms with Gasteiger partial charge in [-0.05, 0) is 44.6 Å². The van der Waals surface area contributed by atoms with Gasteiger partial charge < -0.3 is 4.90 Å². The molecule has 1 aliphatic carbocycles. The predicted octanol–water partition coefficient (Wildman–Crippen LogP) is 4.21. The molecule has 0 spiro atoms. The Morgan fingerprint density at radius 2 is 1.88 bits per heavy atom. The lowest BCUT2D eigenvalue weighted by atomic mass is 9.87. The number of likely N-dealkylation sites (tertiary alicyclic amines) is 1. The summed E-state index contributed by atoms with van der Waals surface area (Å²) in [4.78, 5) is 2.78. The van der Waals surface area contributed by atoms with Gasteiger partial charge in [0, 0.05) is 17.9 Å². The van der Waals surface area contributed by atoms with Crippen LogP contribution in [-0.4, -0.2) is 29.4 Å². The van der Waals surface area contributed by atoms with Gasteiger partial charge >= 0.3 is 0 Å². The number of rotatable bonds is 3. The third-order valence-electron chi connectivity index (χ3n) is 4.68. The summed E-state index contributed by atoms with van der Waals surface area (Å²) in [6.07, 6.45) is 11.5. The highest BCUT2D eigenvalue weighted by molar-refractivity contribution is 9.09. The maximum absolute atomic E-state index is 3.77. The second kappa shape index (κ2) is 5.86. The summed E-state index contributed by atoms with van der Waals surface area (Å²) in [6.45, 7) is 5.12. The molecule has 94 valence electrons. The second-order valence-electron chi connectivity index (χ2n) is 6.01. The molecule has 0 radical (unpaired) electrons. The highest BCUT2D eigenvalue weighted by atomic mass is 79.9. The maximum Gasteiger partial charge on any atom is 0.0100 e. The number of nitrogens with zero attached hydrogens (tertiary/aromatic N) is 1. The highest BCUT2D eigenvalue weighted by Gasteiger charge is 2.35. The molecule has 1 nitrogen and oxygen atoms in total. The van der Waals surface area contributed by atoms with E-state index >= 15 is 0 Å². The van der Waals surface area contributed by atoms with Crippen LogP contribution in [-0.2, 0) is 0 Å². The van der Waals surface area contributed by atoms with Gasteiger partial charge in [-0.15, -0.1) is 0 Å². The Kier molecular flexibility index (Phi) is 4.72. The van der Waals surface area contributed by atoms with E-state index in [9.17, 15) is 0 Å². The van der Waals surface area contributed by atoms with Crippen molar-refractivity contribution in [2.45, 2.75) is 64.3 Å². The summed E-state index contributed by atoms with van der Waals surface area (Å²) in [7, 11) is 0. The van der Waals surface area contributed by atoms with Crippen molar-refractivity contribution >= 4 is 15.9 Å². The van der Waals surface area contributed by atoms with Crippen LogP contribution in [0.1, 0.15) is 58.3 Å². The summed E-state index contributed by atoms with van der Waals surface area (Å²) in [5.41, 5.74) is 0.610. The monoisotopic (exact) mass is 287 g/mol. The van der Waals surface area contributed by atoms with Crippen molar-refractivity contribution in [1.82, 2.24) is 4.90 Å². The van der Waals surface area contributed by atoms with Gasteiger partial charge in [-0.1, -0.05) is 41.6 Å². The smallest absolute Gasteiger partial charge is 0.0100 e. The summed E-state index contributed by atoms with van der Waals surface area (Å²) < 4.78 is 0. The highest BCUT2D eigenvalue weighted by Crippen LogP contribution is 2.41. The van der Waals surface area contributed by atoms with Gasteiger partial charge in [0.15, 0.2) is 0 Å². The molecule has 0 N–H and O–H groups in total. The van der Waals surface area contributed by atoms with Crippen molar-refractivity contribution < 1.29 is 0 Å². The Bertz CT molecular complexity index is 211. The molecule has 1 unspecified atom stereocenters. The third-order valence-corrected chi connectivity index (χ3v) is 5.87. The Labute approximate surface area is 109 Å². The van der Waals surface area contributed by atoms with Gasteiger partial charge in [-0.25, -0.2) is 0 Å². The first-order valence-electron chi connectivity index (χ1n) is 7.06. The van der Waals surface area contributed by atoms with E-state index in [2.05, 4.69) is 27.8 Å². The number of hydrogen-bond acceptors (Lipinski definition) is 1. The molecule has 1 atom stereocenters. The molecular formula is C14H26BrN. The molecule has 0 aromatic heterocycles. The molecule has 2 heteroatoms. The minimum Gasteiger partial charge on any atom is -0.300 e. The van der Waals surface area contributed by atoms with Crippen molar-refractivity contribution in [2.24, 2.45) is 5.41 Å². The fraction of sp³-hybridized carbons (Fsp3) is 1.00. The first-order valence-corrected chi connectivity index (χ1v) is 8.18. The Hall–Kier alpha value is 0.440. The fourth-order valence-corrected chi connectivity index (χ4v) is 4.20. The molecule has 2 fully saturated rings. The molecule has 16 heavy (non-hydrogen) atoms. The number of halogens is 1. The van der Waals surface area contributed by atoms with Gasteiger partial charge in [0.25, 0.3) is 0 Å². The van der Waals surface area contributed by atoms with Crippen LogP contribution in [0.2, 0.25) is 0 Å². The van der Waals surface area contributed by atoms with Crippen molar-refractivity contribution in [1.29, 1.82) is 0 Å². The average molecular weight is 288 g/mol. The largest absolute Gasteiger partial charge is 0.300 e. The number of hydrogen-bond donors (Lipinski definition) is 0. The lowest BCUT2D eigenvalue weighted by molar-refractivity contribution is 0.135. The van der Waals surface area contributed by atoms with E-state index in [1.54, 1.807) is 0 Å².